The minimum absolute atomic E-state index is 0.0261. The lowest BCUT2D eigenvalue weighted by molar-refractivity contribution is -0.121. The number of ether oxygens (including phenoxy) is 1. The van der Waals surface area contributed by atoms with Gasteiger partial charge in [-0.2, -0.15) is 0 Å². The maximum Gasteiger partial charge on any atom is 0.338 e. The summed E-state index contributed by atoms with van der Waals surface area (Å²) in [4.78, 5) is 37.9. The largest absolute Gasteiger partial charge is 0.505 e. The van der Waals surface area contributed by atoms with Gasteiger partial charge in [-0.15, -0.1) is 0 Å². The smallest absolute Gasteiger partial charge is 0.338 e. The summed E-state index contributed by atoms with van der Waals surface area (Å²) in [6, 6.07) is 8.03. The Morgan fingerprint density at radius 3 is 2.39 bits per heavy atom. The fraction of sp³-hybridized carbons (Fsp3) is 0.211. The van der Waals surface area contributed by atoms with Crippen LogP contribution in [0, 0.1) is 0 Å². The SMILES string of the molecule is CCOC(=O)c1ccc(N2C(=O)C[C@@H](Nc3cc(Cl)c(O)c(Cl)c3)C2=O)cc1. The molecule has 1 atom stereocenters. The minimum Gasteiger partial charge on any atom is -0.505 e. The molecule has 2 amide bonds. The van der Waals surface area contributed by atoms with E-state index in [1.165, 1.54) is 36.4 Å². The standard InChI is InChI=1S/C19H16Cl2N2O5/c1-2-28-19(27)10-3-5-12(6-4-10)23-16(24)9-15(18(23)26)22-11-7-13(20)17(25)14(21)8-11/h3-8,15,22,25H,2,9H2,1H3/t15-/m1/s1. The van der Waals surface area contributed by atoms with Crippen LogP contribution in [-0.4, -0.2) is 35.5 Å². The average molecular weight is 423 g/mol. The first-order valence-corrected chi connectivity index (χ1v) is 9.16. The summed E-state index contributed by atoms with van der Waals surface area (Å²) in [5, 5.41) is 12.6. The number of nitrogens with one attached hydrogen (secondary N) is 1. The highest BCUT2D eigenvalue weighted by Crippen LogP contribution is 2.35. The summed E-state index contributed by atoms with van der Waals surface area (Å²) >= 11 is 11.8. The van der Waals surface area contributed by atoms with E-state index in [-0.39, 0.29) is 34.7 Å². The molecule has 1 fully saturated rings. The van der Waals surface area contributed by atoms with Crippen molar-refractivity contribution in [2.75, 3.05) is 16.8 Å². The highest BCUT2D eigenvalue weighted by Gasteiger charge is 2.39. The lowest BCUT2D eigenvalue weighted by Crippen LogP contribution is -2.34. The van der Waals surface area contributed by atoms with E-state index in [2.05, 4.69) is 5.32 Å². The molecule has 9 heteroatoms. The molecule has 1 heterocycles. The van der Waals surface area contributed by atoms with Gasteiger partial charge >= 0.3 is 5.97 Å². The number of rotatable bonds is 5. The first kappa shape index (κ1) is 20.0. The lowest BCUT2D eigenvalue weighted by atomic mass is 10.2. The zero-order valence-corrected chi connectivity index (χ0v) is 16.3. The Hall–Kier alpha value is -2.77. The molecule has 0 spiro atoms. The lowest BCUT2D eigenvalue weighted by Gasteiger charge is -2.17. The van der Waals surface area contributed by atoms with Crippen molar-refractivity contribution in [1.82, 2.24) is 0 Å². The van der Waals surface area contributed by atoms with E-state index >= 15 is 0 Å². The van der Waals surface area contributed by atoms with Crippen molar-refractivity contribution in [2.45, 2.75) is 19.4 Å². The second-order valence-electron chi connectivity index (χ2n) is 6.02. The molecule has 146 valence electrons. The van der Waals surface area contributed by atoms with Gasteiger partial charge in [0.2, 0.25) is 5.91 Å². The summed E-state index contributed by atoms with van der Waals surface area (Å²) < 4.78 is 4.91. The van der Waals surface area contributed by atoms with Crippen LogP contribution >= 0.6 is 23.2 Å². The highest BCUT2D eigenvalue weighted by atomic mass is 35.5. The highest BCUT2D eigenvalue weighted by molar-refractivity contribution is 6.37. The van der Waals surface area contributed by atoms with Gasteiger partial charge in [0, 0.05) is 5.69 Å². The monoisotopic (exact) mass is 422 g/mol. The third-order valence-electron chi connectivity index (χ3n) is 4.14. The third-order valence-corrected chi connectivity index (χ3v) is 4.72. The second kappa shape index (κ2) is 8.08. The van der Waals surface area contributed by atoms with Gasteiger partial charge in [-0.1, -0.05) is 23.2 Å². The number of esters is 1. The van der Waals surface area contributed by atoms with Gasteiger partial charge in [0.15, 0.2) is 5.75 Å². The first-order valence-electron chi connectivity index (χ1n) is 8.40. The second-order valence-corrected chi connectivity index (χ2v) is 6.84. The van der Waals surface area contributed by atoms with E-state index < -0.39 is 17.9 Å². The van der Waals surface area contributed by atoms with E-state index in [0.717, 1.165) is 4.90 Å². The molecule has 2 aromatic rings. The fourth-order valence-corrected chi connectivity index (χ4v) is 3.31. The van der Waals surface area contributed by atoms with Gasteiger partial charge in [-0.05, 0) is 43.3 Å². The van der Waals surface area contributed by atoms with Crippen molar-refractivity contribution in [3.8, 4) is 5.75 Å². The van der Waals surface area contributed by atoms with Gasteiger partial charge in [0.25, 0.3) is 5.91 Å². The molecule has 0 aromatic heterocycles. The van der Waals surface area contributed by atoms with Crippen molar-refractivity contribution in [1.29, 1.82) is 0 Å². The number of benzene rings is 2. The molecule has 0 bridgehead atoms. The molecule has 7 nitrogen and oxygen atoms in total. The number of hydrogen-bond acceptors (Lipinski definition) is 6. The molecule has 28 heavy (non-hydrogen) atoms. The van der Waals surface area contributed by atoms with Crippen molar-refractivity contribution in [2.24, 2.45) is 0 Å². The number of amides is 2. The van der Waals surface area contributed by atoms with Crippen molar-refractivity contribution in [3.63, 3.8) is 0 Å². The number of phenolic OH excluding ortho intramolecular Hbond substituents is 1. The minimum atomic E-state index is -0.811. The Morgan fingerprint density at radius 2 is 1.82 bits per heavy atom. The number of phenols is 1. The predicted molar refractivity (Wildman–Crippen MR) is 105 cm³/mol. The van der Waals surface area contributed by atoms with E-state index in [1.54, 1.807) is 6.92 Å². The number of nitrogens with zero attached hydrogens (tertiary/aromatic N) is 1. The summed E-state index contributed by atoms with van der Waals surface area (Å²) in [5.41, 5.74) is 1.08. The van der Waals surface area contributed by atoms with Crippen LogP contribution in [0.15, 0.2) is 36.4 Å². The molecule has 1 aliphatic heterocycles. The van der Waals surface area contributed by atoms with E-state index in [0.29, 0.717) is 16.9 Å². The molecule has 0 unspecified atom stereocenters. The van der Waals surface area contributed by atoms with Gasteiger partial charge < -0.3 is 15.2 Å². The van der Waals surface area contributed by atoms with Crippen LogP contribution in [0.1, 0.15) is 23.7 Å². The quantitative estimate of drug-likeness (QED) is 0.433. The number of halogens is 2. The first-order chi connectivity index (χ1) is 13.3. The molecule has 2 N–H and O–H groups in total. The topological polar surface area (TPSA) is 95.9 Å². The fourth-order valence-electron chi connectivity index (χ4n) is 2.83. The van der Waals surface area contributed by atoms with Gasteiger partial charge in [-0.25, -0.2) is 9.69 Å². The van der Waals surface area contributed by atoms with Crippen LogP contribution in [0.25, 0.3) is 0 Å². The Balaban J connectivity index is 1.77. The number of aromatic hydroxyl groups is 1. The van der Waals surface area contributed by atoms with Gasteiger partial charge in [0.1, 0.15) is 6.04 Å². The zero-order chi connectivity index (χ0) is 20.4. The van der Waals surface area contributed by atoms with Crippen LogP contribution in [0.3, 0.4) is 0 Å². The van der Waals surface area contributed by atoms with E-state index in [4.69, 9.17) is 27.9 Å². The molecule has 0 saturated carbocycles. The van der Waals surface area contributed by atoms with Crippen LogP contribution in [0.4, 0.5) is 11.4 Å². The van der Waals surface area contributed by atoms with Gasteiger partial charge in [0.05, 0.1) is 34.3 Å². The van der Waals surface area contributed by atoms with Crippen molar-refractivity contribution < 1.29 is 24.2 Å². The Kier molecular flexibility index (Phi) is 5.76. The number of carbonyl (C=O) groups is 3. The molecule has 3 rings (SSSR count). The number of hydrogen-bond donors (Lipinski definition) is 2. The summed E-state index contributed by atoms with van der Waals surface area (Å²) in [5.74, 6) is -1.57. The van der Waals surface area contributed by atoms with E-state index in [9.17, 15) is 19.5 Å². The van der Waals surface area contributed by atoms with Crippen LogP contribution in [0.5, 0.6) is 5.75 Å². The normalized spacial score (nSPS) is 16.4. The Morgan fingerprint density at radius 1 is 1.21 bits per heavy atom. The molecule has 0 radical (unpaired) electrons. The number of imide groups is 1. The molecule has 1 saturated heterocycles. The van der Waals surface area contributed by atoms with E-state index in [1.807, 2.05) is 0 Å². The molecule has 0 aliphatic carbocycles. The van der Waals surface area contributed by atoms with Crippen molar-refractivity contribution in [3.05, 3.63) is 52.0 Å². The molecular weight excluding hydrogens is 407 g/mol. The maximum absolute atomic E-state index is 12.7. The average Bonchev–Trinajstić information content (AvgIpc) is 2.93. The van der Waals surface area contributed by atoms with Gasteiger partial charge in [-0.3, -0.25) is 9.59 Å². The maximum atomic E-state index is 12.7. The third kappa shape index (κ3) is 3.90. The summed E-state index contributed by atoms with van der Waals surface area (Å²) in [6.45, 7) is 1.96. The number of carbonyl (C=O) groups excluding carboxylic acids is 3. The van der Waals surface area contributed by atoms with Crippen LogP contribution in [-0.2, 0) is 14.3 Å². The predicted octanol–water partition coefficient (Wildman–Crippen LogP) is 3.62. The Labute approximate surface area is 170 Å². The molecular formula is C19H16Cl2N2O5. The van der Waals surface area contributed by atoms with Crippen molar-refractivity contribution >= 4 is 52.4 Å². The summed E-state index contributed by atoms with van der Waals surface area (Å²) in [6.07, 6.45) is -0.0609. The summed E-state index contributed by atoms with van der Waals surface area (Å²) in [7, 11) is 0. The number of anilines is 2. The Bertz CT molecular complexity index is 923. The molecule has 1 aliphatic rings. The van der Waals surface area contributed by atoms with Crippen LogP contribution in [0.2, 0.25) is 10.0 Å². The van der Waals surface area contributed by atoms with Crippen LogP contribution < -0.4 is 10.2 Å². The molecule has 2 aromatic carbocycles. The zero-order valence-electron chi connectivity index (χ0n) is 14.7.